The number of nitrogens with one attached hydrogen (secondary N) is 1. The van der Waals surface area contributed by atoms with Crippen LogP contribution in [0.3, 0.4) is 0 Å². The average molecular weight is 272 g/mol. The molecule has 0 atom stereocenters. The summed E-state index contributed by atoms with van der Waals surface area (Å²) in [4.78, 5) is 21.4. The van der Waals surface area contributed by atoms with Crippen LogP contribution in [0.2, 0.25) is 0 Å². The number of hydrogen-bond donors (Lipinski definition) is 1. The maximum Gasteiger partial charge on any atom is 0.471 e. The van der Waals surface area contributed by atoms with Gasteiger partial charge in [-0.1, -0.05) is 0 Å². The Morgan fingerprint density at radius 1 is 1.37 bits per heavy atom. The van der Waals surface area contributed by atoms with Crippen LogP contribution in [0.4, 0.5) is 18.9 Å². The Labute approximate surface area is 105 Å². The lowest BCUT2D eigenvalue weighted by molar-refractivity contribution is -0.167. The molecule has 0 saturated carbocycles. The molecule has 5 nitrogen and oxygen atoms in total. The quantitative estimate of drug-likeness (QED) is 0.659. The van der Waals surface area contributed by atoms with Crippen LogP contribution in [0.5, 0.6) is 5.75 Å². The molecule has 1 aromatic rings. The molecule has 0 aliphatic carbocycles. The summed E-state index contributed by atoms with van der Waals surface area (Å²) in [6.45, 7) is 1.11. The summed E-state index contributed by atoms with van der Waals surface area (Å²) in [5, 5.41) is 10.4. The molecule has 0 aromatic heterocycles. The molecular formula is C11H7F3N2O3. The SMILES string of the molecule is CC(=O)Oc1ccc(NC(=O)C(F)(F)F)cc1C#N. The zero-order valence-electron chi connectivity index (χ0n) is 9.54. The van der Waals surface area contributed by atoms with Gasteiger partial charge in [0.1, 0.15) is 11.8 Å². The standard InChI is InChI=1S/C11H7F3N2O3/c1-6(17)19-9-3-2-8(4-7(9)5-15)16-10(18)11(12,13)14/h2-4H,1H3,(H,16,18). The number of benzene rings is 1. The largest absolute Gasteiger partial charge is 0.471 e. The molecule has 0 aliphatic heterocycles. The third-order valence-electron chi connectivity index (χ3n) is 1.87. The predicted molar refractivity (Wildman–Crippen MR) is 57.2 cm³/mol. The Kier molecular flexibility index (Phi) is 4.11. The Morgan fingerprint density at radius 2 is 2.00 bits per heavy atom. The first kappa shape index (κ1) is 14.5. The minimum Gasteiger partial charge on any atom is -0.425 e. The molecule has 0 spiro atoms. The molecule has 0 heterocycles. The molecule has 100 valence electrons. The summed E-state index contributed by atoms with van der Waals surface area (Å²) in [5.41, 5.74) is -0.398. The smallest absolute Gasteiger partial charge is 0.425 e. The zero-order valence-corrected chi connectivity index (χ0v) is 9.54. The number of nitrogens with zero attached hydrogens (tertiary/aromatic N) is 1. The van der Waals surface area contributed by atoms with E-state index in [9.17, 15) is 22.8 Å². The molecule has 1 amide bonds. The number of rotatable bonds is 2. The van der Waals surface area contributed by atoms with Gasteiger partial charge < -0.3 is 10.1 Å². The van der Waals surface area contributed by atoms with E-state index in [0.29, 0.717) is 0 Å². The highest BCUT2D eigenvalue weighted by atomic mass is 19.4. The van der Waals surface area contributed by atoms with Gasteiger partial charge >= 0.3 is 18.1 Å². The molecule has 8 heteroatoms. The summed E-state index contributed by atoms with van der Waals surface area (Å²) in [6, 6.07) is 4.82. The topological polar surface area (TPSA) is 79.2 Å². The fourth-order valence-corrected chi connectivity index (χ4v) is 1.14. The zero-order chi connectivity index (χ0) is 14.6. The highest BCUT2D eigenvalue weighted by molar-refractivity contribution is 5.95. The number of alkyl halides is 3. The highest BCUT2D eigenvalue weighted by Gasteiger charge is 2.38. The van der Waals surface area contributed by atoms with E-state index in [-0.39, 0.29) is 17.0 Å². The first-order chi connectivity index (χ1) is 8.74. The van der Waals surface area contributed by atoms with E-state index in [2.05, 4.69) is 4.74 Å². The van der Waals surface area contributed by atoms with Gasteiger partial charge in [0.15, 0.2) is 0 Å². The number of nitriles is 1. The second kappa shape index (κ2) is 5.39. The van der Waals surface area contributed by atoms with Gasteiger partial charge in [0, 0.05) is 12.6 Å². The maximum absolute atomic E-state index is 12.0. The molecule has 19 heavy (non-hydrogen) atoms. The Hall–Kier alpha value is -2.56. The van der Waals surface area contributed by atoms with Crippen molar-refractivity contribution in [2.24, 2.45) is 0 Å². The Bertz CT molecular complexity index is 561. The van der Waals surface area contributed by atoms with Crippen molar-refractivity contribution in [3.8, 4) is 11.8 Å². The van der Waals surface area contributed by atoms with E-state index in [1.54, 1.807) is 11.4 Å². The van der Waals surface area contributed by atoms with Crippen molar-refractivity contribution in [1.29, 1.82) is 5.26 Å². The van der Waals surface area contributed by atoms with Crippen LogP contribution in [0.1, 0.15) is 12.5 Å². The van der Waals surface area contributed by atoms with E-state index in [1.807, 2.05) is 0 Å². The number of hydrogen-bond acceptors (Lipinski definition) is 4. The van der Waals surface area contributed by atoms with E-state index < -0.39 is 18.1 Å². The van der Waals surface area contributed by atoms with Gasteiger partial charge in [-0.25, -0.2) is 0 Å². The normalized spacial score (nSPS) is 10.5. The van der Waals surface area contributed by atoms with Gasteiger partial charge in [0.05, 0.1) is 5.56 Å². The fraction of sp³-hybridized carbons (Fsp3) is 0.182. The van der Waals surface area contributed by atoms with Crippen molar-refractivity contribution in [3.05, 3.63) is 23.8 Å². The summed E-state index contributed by atoms with van der Waals surface area (Å²) in [7, 11) is 0. The van der Waals surface area contributed by atoms with Gasteiger partial charge in [-0.3, -0.25) is 9.59 Å². The second-order valence-corrected chi connectivity index (χ2v) is 3.37. The summed E-state index contributed by atoms with van der Waals surface area (Å²) in [5.74, 6) is -2.93. The third-order valence-corrected chi connectivity index (χ3v) is 1.87. The second-order valence-electron chi connectivity index (χ2n) is 3.37. The van der Waals surface area contributed by atoms with Crippen LogP contribution >= 0.6 is 0 Å². The van der Waals surface area contributed by atoms with E-state index in [0.717, 1.165) is 25.1 Å². The number of carbonyl (C=O) groups is 2. The van der Waals surface area contributed by atoms with Crippen LogP contribution in [0.25, 0.3) is 0 Å². The monoisotopic (exact) mass is 272 g/mol. The van der Waals surface area contributed by atoms with Crippen molar-refractivity contribution in [1.82, 2.24) is 0 Å². The van der Waals surface area contributed by atoms with Crippen LogP contribution in [0.15, 0.2) is 18.2 Å². The molecule has 0 saturated heterocycles. The van der Waals surface area contributed by atoms with Crippen molar-refractivity contribution < 1.29 is 27.5 Å². The number of ether oxygens (including phenoxy) is 1. The number of carbonyl (C=O) groups excluding carboxylic acids is 2. The summed E-state index contributed by atoms with van der Waals surface area (Å²) in [6.07, 6.45) is -5.03. The lowest BCUT2D eigenvalue weighted by Crippen LogP contribution is -2.29. The lowest BCUT2D eigenvalue weighted by Gasteiger charge is -2.09. The van der Waals surface area contributed by atoms with E-state index in [4.69, 9.17) is 5.26 Å². The van der Waals surface area contributed by atoms with E-state index in [1.165, 1.54) is 0 Å². The first-order valence-corrected chi connectivity index (χ1v) is 4.85. The van der Waals surface area contributed by atoms with Crippen molar-refractivity contribution in [2.45, 2.75) is 13.1 Å². The Balaban J connectivity index is 2.98. The van der Waals surface area contributed by atoms with Gasteiger partial charge in [-0.05, 0) is 18.2 Å². The Morgan fingerprint density at radius 3 is 2.47 bits per heavy atom. The number of amides is 1. The van der Waals surface area contributed by atoms with Crippen molar-refractivity contribution in [2.75, 3.05) is 5.32 Å². The van der Waals surface area contributed by atoms with Crippen molar-refractivity contribution >= 4 is 17.6 Å². The molecule has 0 aliphatic rings. The minimum absolute atomic E-state index is 0.0972. The molecule has 1 rings (SSSR count). The van der Waals surface area contributed by atoms with Crippen LogP contribution < -0.4 is 10.1 Å². The van der Waals surface area contributed by atoms with E-state index >= 15 is 0 Å². The van der Waals surface area contributed by atoms with Crippen LogP contribution in [0, 0.1) is 11.3 Å². The third kappa shape index (κ3) is 3.99. The molecule has 0 unspecified atom stereocenters. The number of halogens is 3. The molecular weight excluding hydrogens is 265 g/mol. The van der Waals surface area contributed by atoms with Crippen LogP contribution in [-0.4, -0.2) is 18.1 Å². The van der Waals surface area contributed by atoms with Gasteiger partial charge in [0.2, 0.25) is 0 Å². The average Bonchev–Trinajstić information content (AvgIpc) is 2.29. The molecule has 0 radical (unpaired) electrons. The summed E-state index contributed by atoms with van der Waals surface area (Å²) < 4.78 is 40.7. The molecule has 0 bridgehead atoms. The van der Waals surface area contributed by atoms with Crippen LogP contribution in [-0.2, 0) is 9.59 Å². The molecule has 1 N–H and O–H groups in total. The predicted octanol–water partition coefficient (Wildman–Crippen LogP) is 1.98. The van der Waals surface area contributed by atoms with Crippen molar-refractivity contribution in [3.63, 3.8) is 0 Å². The van der Waals surface area contributed by atoms with Gasteiger partial charge in [-0.2, -0.15) is 18.4 Å². The summed E-state index contributed by atoms with van der Waals surface area (Å²) >= 11 is 0. The molecule has 1 aromatic carbocycles. The maximum atomic E-state index is 12.0. The number of anilines is 1. The van der Waals surface area contributed by atoms with Gasteiger partial charge in [-0.15, -0.1) is 0 Å². The fourth-order valence-electron chi connectivity index (χ4n) is 1.14. The lowest BCUT2D eigenvalue weighted by atomic mass is 10.2. The highest BCUT2D eigenvalue weighted by Crippen LogP contribution is 2.24. The number of esters is 1. The van der Waals surface area contributed by atoms with Gasteiger partial charge in [0.25, 0.3) is 0 Å². The molecule has 0 fully saturated rings. The first-order valence-electron chi connectivity index (χ1n) is 4.85. The minimum atomic E-state index is -5.03.